The number of aliphatic hydroxyl groups excluding tert-OH is 1. The number of fused-ring (bicyclic) bond motifs is 1. The minimum absolute atomic E-state index is 0.166. The van der Waals surface area contributed by atoms with Crippen LogP contribution < -0.4 is 15.8 Å². The van der Waals surface area contributed by atoms with Crippen LogP contribution in [-0.2, 0) is 6.54 Å². The Balaban J connectivity index is 0.000000480. The van der Waals surface area contributed by atoms with Crippen molar-refractivity contribution in [1.29, 1.82) is 0 Å². The molecule has 0 amide bonds. The van der Waals surface area contributed by atoms with Gasteiger partial charge in [-0.05, 0) is 57.0 Å². The Bertz CT molecular complexity index is 1370. The Morgan fingerprint density at radius 3 is 2.26 bits per heavy atom. The summed E-state index contributed by atoms with van der Waals surface area (Å²) in [5.41, 5.74) is 2.82. The molecule has 2 aromatic heterocycles. The first-order valence-corrected chi connectivity index (χ1v) is 14.6. The first-order valence-electron chi connectivity index (χ1n) is 14.6. The fourth-order valence-electron chi connectivity index (χ4n) is 4.22. The van der Waals surface area contributed by atoms with Gasteiger partial charge >= 0.3 is 0 Å². The van der Waals surface area contributed by atoms with E-state index in [2.05, 4.69) is 95.7 Å². The number of nitrogens with zero attached hydrogens (tertiary/aromatic N) is 7. The number of rotatable bonds is 6. The summed E-state index contributed by atoms with van der Waals surface area (Å²) < 4.78 is 3.27. The van der Waals surface area contributed by atoms with Gasteiger partial charge in [0, 0.05) is 57.4 Å². The number of likely N-dealkylation sites (N-methyl/N-ethyl adjacent to an activating group) is 1. The summed E-state index contributed by atoms with van der Waals surface area (Å²) in [5.74, 6) is 1.09. The number of hydrogen-bond donors (Lipinski definition) is 2. The normalized spacial score (nSPS) is 14.3. The lowest BCUT2D eigenvalue weighted by Gasteiger charge is -2.34. The van der Waals surface area contributed by atoms with E-state index in [-0.39, 0.29) is 12.2 Å². The lowest BCUT2D eigenvalue weighted by molar-refractivity contribution is 0.313. The minimum Gasteiger partial charge on any atom is -0.397 e. The van der Waals surface area contributed by atoms with E-state index in [1.54, 1.807) is 35.6 Å². The molecular formula is C32H50N8O2. The summed E-state index contributed by atoms with van der Waals surface area (Å²) in [7, 11) is 3.84. The molecule has 3 heterocycles. The maximum atomic E-state index is 12.8. The van der Waals surface area contributed by atoms with Crippen LogP contribution in [0.5, 0.6) is 0 Å². The quantitative estimate of drug-likeness (QED) is 0.236. The second-order valence-electron chi connectivity index (χ2n) is 11.1. The average molecular weight is 579 g/mol. The first-order chi connectivity index (χ1) is 20.0. The van der Waals surface area contributed by atoms with Crippen LogP contribution in [0.2, 0.25) is 0 Å². The topological polar surface area (TPSA) is 104 Å². The highest BCUT2D eigenvalue weighted by Crippen LogP contribution is 2.22. The van der Waals surface area contributed by atoms with Crippen LogP contribution >= 0.6 is 0 Å². The summed E-state index contributed by atoms with van der Waals surface area (Å²) in [4.78, 5) is 30.7. The van der Waals surface area contributed by atoms with Gasteiger partial charge in [0.1, 0.15) is 11.2 Å². The van der Waals surface area contributed by atoms with Gasteiger partial charge in [-0.2, -0.15) is 4.98 Å². The van der Waals surface area contributed by atoms with Crippen LogP contribution in [0.15, 0.2) is 65.1 Å². The van der Waals surface area contributed by atoms with Gasteiger partial charge in [0.2, 0.25) is 5.95 Å². The molecule has 1 aliphatic heterocycles. The zero-order chi connectivity index (χ0) is 31.3. The Hall–Kier alpha value is -3.76. The number of piperazine rings is 1. The van der Waals surface area contributed by atoms with Gasteiger partial charge in [-0.15, -0.1) is 6.58 Å². The molecule has 1 saturated heterocycles. The van der Waals surface area contributed by atoms with E-state index in [1.165, 1.54) is 5.69 Å². The van der Waals surface area contributed by atoms with E-state index in [4.69, 9.17) is 5.11 Å². The van der Waals surface area contributed by atoms with Crippen LogP contribution in [0.1, 0.15) is 48.0 Å². The SMILES string of the molecule is C=CCn1c(=O)c2cnc(Nc3ccc(N4CCN(C)CC4)cc3)nc2n1C(C)=NC.CC/C=C/C(C)(C)C.CCO. The van der Waals surface area contributed by atoms with Gasteiger partial charge in [0.15, 0.2) is 5.65 Å². The molecule has 0 spiro atoms. The molecule has 0 saturated carbocycles. The van der Waals surface area contributed by atoms with Crippen molar-refractivity contribution in [3.63, 3.8) is 0 Å². The summed E-state index contributed by atoms with van der Waals surface area (Å²) in [5, 5.41) is 11.3. The number of nitrogens with one attached hydrogen (secondary N) is 1. The highest BCUT2D eigenvalue weighted by molar-refractivity contribution is 5.90. The highest BCUT2D eigenvalue weighted by atomic mass is 16.2. The van der Waals surface area contributed by atoms with Crippen molar-refractivity contribution >= 4 is 34.2 Å². The number of aliphatic imine (C=N–C) groups is 1. The third kappa shape index (κ3) is 9.95. The maximum absolute atomic E-state index is 12.8. The molecule has 3 aromatic rings. The number of aliphatic hydroxyl groups is 1. The summed E-state index contributed by atoms with van der Waals surface area (Å²) >= 11 is 0. The molecule has 0 atom stereocenters. The summed E-state index contributed by atoms with van der Waals surface area (Å²) in [6.07, 6.45) is 8.84. The Labute approximate surface area is 251 Å². The zero-order valence-electron chi connectivity index (χ0n) is 26.8. The van der Waals surface area contributed by atoms with Gasteiger partial charge in [-0.1, -0.05) is 45.9 Å². The lowest BCUT2D eigenvalue weighted by Crippen LogP contribution is -2.44. The molecule has 2 N–H and O–H groups in total. The molecule has 0 aliphatic carbocycles. The first kappa shape index (κ1) is 34.4. The zero-order valence-corrected chi connectivity index (χ0v) is 26.8. The molecule has 0 radical (unpaired) electrons. The summed E-state index contributed by atoms with van der Waals surface area (Å²) in [6.45, 7) is 20.8. The van der Waals surface area contributed by atoms with Crippen LogP contribution in [-0.4, -0.2) is 82.1 Å². The molecule has 1 aliphatic rings. The van der Waals surface area contributed by atoms with E-state index in [9.17, 15) is 4.79 Å². The molecule has 10 heteroatoms. The Morgan fingerprint density at radius 1 is 1.14 bits per heavy atom. The maximum Gasteiger partial charge on any atom is 0.278 e. The molecule has 0 unspecified atom stereocenters. The van der Waals surface area contributed by atoms with E-state index < -0.39 is 0 Å². The summed E-state index contributed by atoms with van der Waals surface area (Å²) in [6, 6.07) is 8.26. The van der Waals surface area contributed by atoms with Gasteiger partial charge in [0.05, 0.1) is 6.54 Å². The molecule has 1 aromatic carbocycles. The van der Waals surface area contributed by atoms with Crippen molar-refractivity contribution in [2.24, 2.45) is 10.4 Å². The van der Waals surface area contributed by atoms with Crippen molar-refractivity contribution in [2.45, 2.75) is 54.5 Å². The second-order valence-corrected chi connectivity index (χ2v) is 11.1. The van der Waals surface area contributed by atoms with Gasteiger partial charge in [0.25, 0.3) is 5.56 Å². The van der Waals surface area contributed by atoms with E-state index in [0.717, 1.165) is 38.3 Å². The largest absolute Gasteiger partial charge is 0.397 e. The van der Waals surface area contributed by atoms with Crippen molar-refractivity contribution in [3.05, 3.63) is 65.6 Å². The fraction of sp³-hybridized carbons (Fsp3) is 0.500. The van der Waals surface area contributed by atoms with Gasteiger partial charge < -0.3 is 20.2 Å². The van der Waals surface area contributed by atoms with Gasteiger partial charge in [-0.25, -0.2) is 14.3 Å². The standard InChI is InChI=1S/C22H28N8O.C8H16.C2H6O/c1-5-10-29-21(31)19-15-24-22(26-20(19)30(29)16(2)23-3)25-17-6-8-18(9-7-17)28-13-11-27(4)12-14-28;1-5-6-7-8(2,3)4;1-2-3/h5-9,15H,1,10-14H2,2-4H3,(H,24,25,26);6-7H,5H2,1-4H3;3H,2H2,1H3/b;7-6+;. The Morgan fingerprint density at radius 2 is 1.76 bits per heavy atom. The van der Waals surface area contributed by atoms with Gasteiger partial charge in [-0.3, -0.25) is 9.79 Å². The lowest BCUT2D eigenvalue weighted by atomic mass is 9.96. The molecule has 1 fully saturated rings. The molecule has 0 bridgehead atoms. The third-order valence-electron chi connectivity index (χ3n) is 6.45. The number of anilines is 3. The van der Waals surface area contributed by atoms with Crippen molar-refractivity contribution in [2.75, 3.05) is 57.1 Å². The van der Waals surface area contributed by atoms with Crippen LogP contribution in [0, 0.1) is 5.41 Å². The molecule has 230 valence electrons. The van der Waals surface area contributed by atoms with E-state index >= 15 is 0 Å². The molecule has 10 nitrogen and oxygen atoms in total. The Kier molecular flexibility index (Phi) is 13.6. The predicted molar refractivity (Wildman–Crippen MR) is 177 cm³/mol. The monoisotopic (exact) mass is 578 g/mol. The van der Waals surface area contributed by atoms with Crippen molar-refractivity contribution in [3.8, 4) is 0 Å². The average Bonchev–Trinajstić information content (AvgIpc) is 3.23. The van der Waals surface area contributed by atoms with Crippen molar-refractivity contribution < 1.29 is 5.11 Å². The number of hydrogen-bond acceptors (Lipinski definition) is 8. The third-order valence-corrected chi connectivity index (χ3v) is 6.45. The number of allylic oxidation sites excluding steroid dienone is 3. The van der Waals surface area contributed by atoms with Crippen molar-refractivity contribution in [1.82, 2.24) is 24.2 Å². The molecule has 4 rings (SSSR count). The second kappa shape index (κ2) is 16.6. The number of benzene rings is 1. The van der Waals surface area contributed by atoms with Crippen LogP contribution in [0.3, 0.4) is 0 Å². The smallest absolute Gasteiger partial charge is 0.278 e. The predicted octanol–water partition coefficient (Wildman–Crippen LogP) is 5.17. The molecule has 42 heavy (non-hydrogen) atoms. The minimum atomic E-state index is -0.166. The van der Waals surface area contributed by atoms with Crippen LogP contribution in [0.4, 0.5) is 17.3 Å². The highest BCUT2D eigenvalue weighted by Gasteiger charge is 2.17. The molecular weight excluding hydrogens is 528 g/mol. The fourth-order valence-corrected chi connectivity index (χ4v) is 4.22. The van der Waals surface area contributed by atoms with Crippen LogP contribution in [0.25, 0.3) is 11.0 Å². The van der Waals surface area contributed by atoms with E-state index in [0.29, 0.717) is 34.8 Å². The number of aromatic nitrogens is 4. The van der Waals surface area contributed by atoms with E-state index in [1.807, 2.05) is 19.1 Å².